The fourth-order valence-electron chi connectivity index (χ4n) is 4.41. The standard InChI is InChI=1S/C19H33NO4/c21-19(22)15-3-5-17(6-4-15)24-18-9-7-16(8-10-18)23-14-13-20-11-1-2-12-20/h15-18H,1-14H2,(H,21,22). The van der Waals surface area contributed by atoms with Crippen molar-refractivity contribution in [3.8, 4) is 0 Å². The number of carboxylic acid groups (broad SMARTS) is 1. The van der Waals surface area contributed by atoms with Crippen molar-refractivity contribution >= 4 is 5.97 Å². The number of ether oxygens (including phenoxy) is 2. The molecule has 0 amide bonds. The van der Waals surface area contributed by atoms with Crippen molar-refractivity contribution in [2.24, 2.45) is 5.92 Å². The fraction of sp³-hybridized carbons (Fsp3) is 0.947. The summed E-state index contributed by atoms with van der Waals surface area (Å²) < 4.78 is 12.3. The Morgan fingerprint density at radius 3 is 2.00 bits per heavy atom. The quantitative estimate of drug-likeness (QED) is 0.772. The third-order valence-corrected chi connectivity index (χ3v) is 5.99. The molecule has 2 aliphatic carbocycles. The van der Waals surface area contributed by atoms with Crippen molar-refractivity contribution in [3.63, 3.8) is 0 Å². The van der Waals surface area contributed by atoms with Crippen LogP contribution in [-0.2, 0) is 14.3 Å². The zero-order chi connectivity index (χ0) is 16.8. The molecule has 3 fully saturated rings. The van der Waals surface area contributed by atoms with Gasteiger partial charge in [0.2, 0.25) is 0 Å². The summed E-state index contributed by atoms with van der Waals surface area (Å²) in [5.41, 5.74) is 0. The molecule has 0 aromatic carbocycles. The van der Waals surface area contributed by atoms with Gasteiger partial charge in [-0.3, -0.25) is 4.79 Å². The van der Waals surface area contributed by atoms with E-state index in [0.29, 0.717) is 12.2 Å². The first kappa shape index (κ1) is 18.2. The topological polar surface area (TPSA) is 59.0 Å². The lowest BCUT2D eigenvalue weighted by atomic mass is 9.87. The number of aliphatic carboxylic acids is 1. The largest absolute Gasteiger partial charge is 0.481 e. The van der Waals surface area contributed by atoms with Crippen molar-refractivity contribution in [3.05, 3.63) is 0 Å². The minimum atomic E-state index is -0.639. The van der Waals surface area contributed by atoms with Gasteiger partial charge in [0.1, 0.15) is 0 Å². The van der Waals surface area contributed by atoms with Crippen LogP contribution < -0.4 is 0 Å². The Balaban J connectivity index is 1.26. The fourth-order valence-corrected chi connectivity index (χ4v) is 4.41. The summed E-state index contributed by atoms with van der Waals surface area (Å²) in [6.45, 7) is 4.45. The molecule has 0 radical (unpaired) electrons. The highest BCUT2D eigenvalue weighted by Gasteiger charge is 2.29. The summed E-state index contributed by atoms with van der Waals surface area (Å²) in [6.07, 6.45) is 11.5. The molecule has 1 heterocycles. The third kappa shape index (κ3) is 5.43. The molecule has 0 aromatic heterocycles. The minimum Gasteiger partial charge on any atom is -0.481 e. The number of carboxylic acids is 1. The molecule has 5 heteroatoms. The van der Waals surface area contributed by atoms with E-state index in [4.69, 9.17) is 14.6 Å². The van der Waals surface area contributed by atoms with Crippen molar-refractivity contribution in [1.82, 2.24) is 4.90 Å². The van der Waals surface area contributed by atoms with E-state index in [9.17, 15) is 4.79 Å². The van der Waals surface area contributed by atoms with Gasteiger partial charge in [-0.2, -0.15) is 0 Å². The van der Waals surface area contributed by atoms with Crippen molar-refractivity contribution < 1.29 is 19.4 Å². The molecule has 0 aromatic rings. The molecule has 1 N–H and O–H groups in total. The summed E-state index contributed by atoms with van der Waals surface area (Å²) in [7, 11) is 0. The molecule has 5 nitrogen and oxygen atoms in total. The molecule has 3 aliphatic rings. The Labute approximate surface area is 145 Å². The monoisotopic (exact) mass is 339 g/mol. The average molecular weight is 339 g/mol. The lowest BCUT2D eigenvalue weighted by molar-refractivity contribution is -0.144. The Morgan fingerprint density at radius 2 is 1.42 bits per heavy atom. The highest BCUT2D eigenvalue weighted by atomic mass is 16.5. The minimum absolute atomic E-state index is 0.149. The summed E-state index contributed by atoms with van der Waals surface area (Å²) in [4.78, 5) is 13.5. The SMILES string of the molecule is O=C(O)C1CCC(OC2CCC(OCCN3CCCC3)CC2)CC1. The first-order valence-electron chi connectivity index (χ1n) is 9.93. The summed E-state index contributed by atoms with van der Waals surface area (Å²) in [5, 5.41) is 9.06. The van der Waals surface area contributed by atoms with Gasteiger partial charge in [0, 0.05) is 6.54 Å². The van der Waals surface area contributed by atoms with Gasteiger partial charge in [0.15, 0.2) is 0 Å². The van der Waals surface area contributed by atoms with E-state index in [1.165, 1.54) is 25.9 Å². The summed E-state index contributed by atoms with van der Waals surface area (Å²) in [5.74, 6) is -0.787. The molecule has 2 saturated carbocycles. The van der Waals surface area contributed by atoms with Crippen LogP contribution in [0, 0.1) is 5.92 Å². The van der Waals surface area contributed by atoms with Gasteiger partial charge in [-0.05, 0) is 77.3 Å². The molecule has 0 unspecified atom stereocenters. The Hall–Kier alpha value is -0.650. The molecule has 0 atom stereocenters. The third-order valence-electron chi connectivity index (χ3n) is 5.99. The van der Waals surface area contributed by atoms with Gasteiger partial charge >= 0.3 is 5.97 Å². The second-order valence-corrected chi connectivity index (χ2v) is 7.77. The summed E-state index contributed by atoms with van der Waals surface area (Å²) in [6, 6.07) is 0. The maximum atomic E-state index is 11.0. The maximum absolute atomic E-state index is 11.0. The number of carbonyl (C=O) groups is 1. The van der Waals surface area contributed by atoms with Crippen LogP contribution >= 0.6 is 0 Å². The van der Waals surface area contributed by atoms with Crippen LogP contribution in [0.15, 0.2) is 0 Å². The number of hydrogen-bond donors (Lipinski definition) is 1. The first-order valence-corrected chi connectivity index (χ1v) is 9.93. The molecular weight excluding hydrogens is 306 g/mol. The van der Waals surface area contributed by atoms with Crippen LogP contribution in [0.3, 0.4) is 0 Å². The lowest BCUT2D eigenvalue weighted by Crippen LogP contribution is -2.33. The van der Waals surface area contributed by atoms with E-state index in [1.807, 2.05) is 0 Å². The van der Waals surface area contributed by atoms with Crippen LogP contribution in [0.5, 0.6) is 0 Å². The second kappa shape index (κ2) is 9.16. The Kier molecular flexibility index (Phi) is 6.93. The van der Waals surface area contributed by atoms with E-state index >= 15 is 0 Å². The van der Waals surface area contributed by atoms with Crippen LogP contribution in [0.25, 0.3) is 0 Å². The van der Waals surface area contributed by atoms with E-state index in [0.717, 1.165) is 64.5 Å². The Morgan fingerprint density at radius 1 is 0.875 bits per heavy atom. The predicted octanol–water partition coefficient (Wildman–Crippen LogP) is 3.07. The number of hydrogen-bond acceptors (Lipinski definition) is 4. The molecular formula is C19H33NO4. The van der Waals surface area contributed by atoms with Crippen LogP contribution in [0.1, 0.15) is 64.2 Å². The zero-order valence-electron chi connectivity index (χ0n) is 14.8. The second-order valence-electron chi connectivity index (χ2n) is 7.77. The van der Waals surface area contributed by atoms with Gasteiger partial charge in [-0.15, -0.1) is 0 Å². The van der Waals surface area contributed by atoms with E-state index < -0.39 is 5.97 Å². The Bertz CT molecular complexity index is 381. The first-order chi connectivity index (χ1) is 11.7. The highest BCUT2D eigenvalue weighted by molar-refractivity contribution is 5.70. The van der Waals surface area contributed by atoms with Crippen LogP contribution in [-0.4, -0.2) is 60.5 Å². The summed E-state index contributed by atoms with van der Waals surface area (Å²) >= 11 is 0. The van der Waals surface area contributed by atoms with Gasteiger partial charge in [-0.25, -0.2) is 0 Å². The highest BCUT2D eigenvalue weighted by Crippen LogP contribution is 2.31. The predicted molar refractivity (Wildman–Crippen MR) is 92.1 cm³/mol. The van der Waals surface area contributed by atoms with Crippen molar-refractivity contribution in [2.45, 2.75) is 82.5 Å². The van der Waals surface area contributed by atoms with Gasteiger partial charge in [-0.1, -0.05) is 0 Å². The molecule has 3 rings (SSSR count). The maximum Gasteiger partial charge on any atom is 0.306 e. The molecule has 1 aliphatic heterocycles. The molecule has 0 bridgehead atoms. The normalized spacial score (nSPS) is 35.2. The number of likely N-dealkylation sites (tertiary alicyclic amines) is 1. The molecule has 138 valence electrons. The van der Waals surface area contributed by atoms with Gasteiger partial charge in [0.25, 0.3) is 0 Å². The zero-order valence-corrected chi connectivity index (χ0v) is 14.8. The van der Waals surface area contributed by atoms with Crippen molar-refractivity contribution in [2.75, 3.05) is 26.2 Å². The molecule has 24 heavy (non-hydrogen) atoms. The van der Waals surface area contributed by atoms with Crippen LogP contribution in [0.4, 0.5) is 0 Å². The van der Waals surface area contributed by atoms with E-state index in [-0.39, 0.29) is 12.0 Å². The number of rotatable bonds is 7. The smallest absolute Gasteiger partial charge is 0.306 e. The van der Waals surface area contributed by atoms with E-state index in [1.54, 1.807) is 0 Å². The van der Waals surface area contributed by atoms with Crippen LogP contribution in [0.2, 0.25) is 0 Å². The number of nitrogens with zero attached hydrogens (tertiary/aromatic N) is 1. The molecule has 1 saturated heterocycles. The van der Waals surface area contributed by atoms with Gasteiger partial charge in [0.05, 0.1) is 30.8 Å². The van der Waals surface area contributed by atoms with Crippen molar-refractivity contribution in [1.29, 1.82) is 0 Å². The van der Waals surface area contributed by atoms with E-state index in [2.05, 4.69) is 4.90 Å². The molecule has 0 spiro atoms. The van der Waals surface area contributed by atoms with Gasteiger partial charge < -0.3 is 19.5 Å². The average Bonchev–Trinajstić information content (AvgIpc) is 3.10. The lowest BCUT2D eigenvalue weighted by Gasteiger charge is -2.34.